The van der Waals surface area contributed by atoms with Crippen molar-refractivity contribution >= 4 is 15.9 Å². The summed E-state index contributed by atoms with van der Waals surface area (Å²) in [5, 5.41) is 0. The molecule has 0 aromatic heterocycles. The highest BCUT2D eigenvalue weighted by Gasteiger charge is 2.11. The fraction of sp³-hybridized carbons (Fsp3) is 0.294. The highest BCUT2D eigenvalue weighted by Crippen LogP contribution is 2.17. The van der Waals surface area contributed by atoms with Crippen molar-refractivity contribution in [2.75, 3.05) is 0 Å². The zero-order chi connectivity index (χ0) is 14.5. The number of benzene rings is 2. The van der Waals surface area contributed by atoms with Crippen molar-refractivity contribution in [3.63, 3.8) is 0 Å². The lowest BCUT2D eigenvalue weighted by Crippen LogP contribution is -2.38. The predicted molar refractivity (Wildman–Crippen MR) is 88.6 cm³/mol. The van der Waals surface area contributed by atoms with Gasteiger partial charge in [-0.05, 0) is 55.5 Å². The molecule has 2 aromatic rings. The Hall–Kier alpha value is -1.16. The maximum Gasteiger partial charge on any atom is 0.0291 e. The lowest BCUT2D eigenvalue weighted by molar-refractivity contribution is 0.521. The molecule has 2 rings (SSSR count). The van der Waals surface area contributed by atoms with Crippen LogP contribution in [0.3, 0.4) is 0 Å². The Kier molecular flexibility index (Phi) is 5.35. The topological polar surface area (TPSA) is 38.0 Å². The summed E-state index contributed by atoms with van der Waals surface area (Å²) in [7, 11) is 0. The summed E-state index contributed by atoms with van der Waals surface area (Å²) in [4.78, 5) is 0. The Morgan fingerprint density at radius 1 is 1.10 bits per heavy atom. The Morgan fingerprint density at radius 2 is 1.90 bits per heavy atom. The molecule has 0 aliphatic carbocycles. The van der Waals surface area contributed by atoms with Gasteiger partial charge in [0, 0.05) is 10.5 Å². The van der Waals surface area contributed by atoms with Gasteiger partial charge in [-0.15, -0.1) is 0 Å². The van der Waals surface area contributed by atoms with Gasteiger partial charge in [-0.25, -0.2) is 0 Å². The third-order valence-electron chi connectivity index (χ3n) is 3.58. The van der Waals surface area contributed by atoms with E-state index in [1.165, 1.54) is 22.3 Å². The predicted octanol–water partition coefficient (Wildman–Crippen LogP) is 3.68. The molecule has 0 aliphatic heterocycles. The third-order valence-corrected chi connectivity index (χ3v) is 4.07. The minimum atomic E-state index is 0.241. The average Bonchev–Trinajstić information content (AvgIpc) is 2.42. The van der Waals surface area contributed by atoms with E-state index in [2.05, 4.69) is 71.6 Å². The Bertz CT molecular complexity index is 581. The summed E-state index contributed by atoms with van der Waals surface area (Å²) in [6.07, 6.45) is 1.86. The van der Waals surface area contributed by atoms with Gasteiger partial charge >= 0.3 is 0 Å². The summed E-state index contributed by atoms with van der Waals surface area (Å²) >= 11 is 3.51. The molecular weight excluding hydrogens is 312 g/mol. The van der Waals surface area contributed by atoms with Crippen molar-refractivity contribution in [2.45, 2.75) is 32.7 Å². The first-order valence-corrected chi connectivity index (χ1v) is 7.64. The number of hydrogen-bond acceptors (Lipinski definition) is 2. The molecule has 0 amide bonds. The second-order valence-corrected chi connectivity index (χ2v) is 6.25. The molecule has 0 heterocycles. The molecule has 0 bridgehead atoms. The molecule has 0 aliphatic rings. The molecule has 2 nitrogen and oxygen atoms in total. The minimum Gasteiger partial charge on any atom is -0.271 e. The lowest BCUT2D eigenvalue weighted by Gasteiger charge is -2.18. The fourth-order valence-corrected chi connectivity index (χ4v) is 2.87. The van der Waals surface area contributed by atoms with E-state index in [-0.39, 0.29) is 6.04 Å². The van der Waals surface area contributed by atoms with Crippen LogP contribution in [0.25, 0.3) is 0 Å². The van der Waals surface area contributed by atoms with E-state index in [4.69, 9.17) is 5.84 Å². The van der Waals surface area contributed by atoms with Crippen LogP contribution in [-0.4, -0.2) is 6.04 Å². The highest BCUT2D eigenvalue weighted by molar-refractivity contribution is 9.10. The average molecular weight is 333 g/mol. The largest absolute Gasteiger partial charge is 0.271 e. The second kappa shape index (κ2) is 7.02. The smallest absolute Gasteiger partial charge is 0.0291 e. The van der Waals surface area contributed by atoms with E-state index >= 15 is 0 Å². The lowest BCUT2D eigenvalue weighted by atomic mass is 9.95. The number of halogens is 1. The van der Waals surface area contributed by atoms with Crippen LogP contribution < -0.4 is 11.3 Å². The van der Waals surface area contributed by atoms with Crippen molar-refractivity contribution in [1.29, 1.82) is 0 Å². The number of hydrazine groups is 1. The van der Waals surface area contributed by atoms with E-state index < -0.39 is 0 Å². The number of rotatable bonds is 5. The molecule has 3 heteroatoms. The Morgan fingerprint density at radius 3 is 2.60 bits per heavy atom. The molecule has 0 saturated heterocycles. The zero-order valence-corrected chi connectivity index (χ0v) is 13.6. The van der Waals surface area contributed by atoms with Gasteiger partial charge in [-0.1, -0.05) is 51.8 Å². The molecule has 20 heavy (non-hydrogen) atoms. The van der Waals surface area contributed by atoms with Crippen molar-refractivity contribution in [2.24, 2.45) is 5.84 Å². The molecule has 2 aromatic carbocycles. The number of aryl methyl sites for hydroxylation is 2. The molecule has 0 fully saturated rings. The van der Waals surface area contributed by atoms with Crippen LogP contribution in [0.5, 0.6) is 0 Å². The van der Waals surface area contributed by atoms with Crippen LogP contribution in [0, 0.1) is 13.8 Å². The van der Waals surface area contributed by atoms with Crippen LogP contribution in [0.1, 0.15) is 22.3 Å². The van der Waals surface area contributed by atoms with Crippen LogP contribution in [-0.2, 0) is 12.8 Å². The Balaban J connectivity index is 2.11. The van der Waals surface area contributed by atoms with Crippen LogP contribution in [0.2, 0.25) is 0 Å². The summed E-state index contributed by atoms with van der Waals surface area (Å²) in [6, 6.07) is 15.2. The van der Waals surface area contributed by atoms with Crippen LogP contribution in [0.4, 0.5) is 0 Å². The highest BCUT2D eigenvalue weighted by atomic mass is 79.9. The normalized spacial score (nSPS) is 12.4. The molecule has 106 valence electrons. The van der Waals surface area contributed by atoms with E-state index in [0.717, 1.165) is 17.3 Å². The summed E-state index contributed by atoms with van der Waals surface area (Å²) in [5.41, 5.74) is 8.22. The first-order valence-electron chi connectivity index (χ1n) is 6.85. The quantitative estimate of drug-likeness (QED) is 0.647. The van der Waals surface area contributed by atoms with Gasteiger partial charge < -0.3 is 0 Å². The van der Waals surface area contributed by atoms with Gasteiger partial charge in [0.05, 0.1) is 0 Å². The summed E-state index contributed by atoms with van der Waals surface area (Å²) < 4.78 is 1.11. The van der Waals surface area contributed by atoms with E-state index in [9.17, 15) is 0 Å². The second-order valence-electron chi connectivity index (χ2n) is 5.33. The number of hydrogen-bond donors (Lipinski definition) is 2. The van der Waals surface area contributed by atoms with Crippen molar-refractivity contribution < 1.29 is 0 Å². The van der Waals surface area contributed by atoms with Gasteiger partial charge in [-0.3, -0.25) is 11.3 Å². The fourth-order valence-electron chi connectivity index (χ4n) is 2.42. The molecule has 1 unspecified atom stereocenters. The first-order chi connectivity index (χ1) is 9.58. The molecule has 0 spiro atoms. The maximum absolute atomic E-state index is 5.73. The van der Waals surface area contributed by atoms with Gasteiger partial charge in [0.15, 0.2) is 0 Å². The van der Waals surface area contributed by atoms with Gasteiger partial charge in [0.25, 0.3) is 0 Å². The van der Waals surface area contributed by atoms with Gasteiger partial charge in [0.2, 0.25) is 0 Å². The summed E-state index contributed by atoms with van der Waals surface area (Å²) in [5.74, 6) is 5.73. The molecule has 3 N–H and O–H groups in total. The summed E-state index contributed by atoms with van der Waals surface area (Å²) in [6.45, 7) is 4.28. The molecule has 0 saturated carbocycles. The molecular formula is C17H21BrN2. The molecule has 1 atom stereocenters. The number of nitrogens with two attached hydrogens (primary N) is 1. The van der Waals surface area contributed by atoms with Gasteiger partial charge in [0.1, 0.15) is 0 Å². The van der Waals surface area contributed by atoms with E-state index in [1.807, 2.05) is 6.07 Å². The Labute approximate surface area is 129 Å². The van der Waals surface area contributed by atoms with Gasteiger partial charge in [-0.2, -0.15) is 0 Å². The first kappa shape index (κ1) is 15.2. The van der Waals surface area contributed by atoms with Crippen LogP contribution >= 0.6 is 15.9 Å². The number of nitrogens with one attached hydrogen (secondary N) is 1. The maximum atomic E-state index is 5.73. The van der Waals surface area contributed by atoms with Crippen LogP contribution in [0.15, 0.2) is 46.9 Å². The standard InChI is InChI=1S/C17H21BrN2/c1-12-6-7-13(2)15(8-12)11-17(20-19)10-14-4-3-5-16(18)9-14/h3-9,17,20H,10-11,19H2,1-2H3. The third kappa shape index (κ3) is 4.17. The van der Waals surface area contributed by atoms with E-state index in [0.29, 0.717) is 0 Å². The monoisotopic (exact) mass is 332 g/mol. The van der Waals surface area contributed by atoms with E-state index in [1.54, 1.807) is 0 Å². The zero-order valence-electron chi connectivity index (χ0n) is 12.0. The SMILES string of the molecule is Cc1ccc(C)c(CC(Cc2cccc(Br)c2)NN)c1. The van der Waals surface area contributed by atoms with Crippen molar-refractivity contribution in [3.05, 3.63) is 69.2 Å². The molecule has 0 radical (unpaired) electrons. The van der Waals surface area contributed by atoms with Crippen molar-refractivity contribution in [3.8, 4) is 0 Å². The minimum absolute atomic E-state index is 0.241. The van der Waals surface area contributed by atoms with Crippen molar-refractivity contribution in [1.82, 2.24) is 5.43 Å².